The third-order valence-corrected chi connectivity index (χ3v) is 3.15. The van der Waals surface area contributed by atoms with Crippen molar-refractivity contribution in [2.24, 2.45) is 5.92 Å². The number of rotatable bonds is 5. The third kappa shape index (κ3) is 4.25. The van der Waals surface area contributed by atoms with Crippen LogP contribution in [0.4, 0.5) is 18.9 Å². The van der Waals surface area contributed by atoms with E-state index in [4.69, 9.17) is 0 Å². The Hall–Kier alpha value is -1.97. The van der Waals surface area contributed by atoms with E-state index in [1.165, 1.54) is 5.56 Å². The van der Waals surface area contributed by atoms with Gasteiger partial charge in [-0.15, -0.1) is 0 Å². The predicted octanol–water partition coefficient (Wildman–Crippen LogP) is 4.91. The summed E-state index contributed by atoms with van der Waals surface area (Å²) in [6.45, 7) is 4.74. The summed E-state index contributed by atoms with van der Waals surface area (Å²) in [7, 11) is 0. The number of hydrogen-bond acceptors (Lipinski definition) is 1. The van der Waals surface area contributed by atoms with E-state index in [1.54, 1.807) is 0 Å². The molecule has 0 aliphatic heterocycles. The van der Waals surface area contributed by atoms with Crippen LogP contribution in [0.2, 0.25) is 0 Å². The minimum Gasteiger partial charge on any atom is -0.381 e. The molecule has 0 radical (unpaired) electrons. The van der Waals surface area contributed by atoms with Gasteiger partial charge < -0.3 is 5.32 Å². The Morgan fingerprint density at radius 2 is 1.43 bits per heavy atom. The normalized spacial score (nSPS) is 11.0. The van der Waals surface area contributed by atoms with Gasteiger partial charge in [-0.2, -0.15) is 0 Å². The van der Waals surface area contributed by atoms with Crippen LogP contribution in [0.25, 0.3) is 0 Å². The van der Waals surface area contributed by atoms with E-state index >= 15 is 0 Å². The molecule has 21 heavy (non-hydrogen) atoms. The lowest BCUT2D eigenvalue weighted by atomic mass is 10.0. The lowest BCUT2D eigenvalue weighted by Crippen LogP contribution is -2.02. The fourth-order valence-corrected chi connectivity index (χ4v) is 2.13. The quantitative estimate of drug-likeness (QED) is 0.772. The molecular weight excluding hydrogens is 275 g/mol. The zero-order valence-electron chi connectivity index (χ0n) is 12.1. The summed E-state index contributed by atoms with van der Waals surface area (Å²) in [5, 5.41) is 2.88. The van der Waals surface area contributed by atoms with Gasteiger partial charge in [-0.3, -0.25) is 0 Å². The Kier molecular flexibility index (Phi) is 4.89. The molecule has 1 N–H and O–H groups in total. The smallest absolute Gasteiger partial charge is 0.194 e. The molecule has 112 valence electrons. The van der Waals surface area contributed by atoms with E-state index in [-0.39, 0.29) is 5.69 Å². The Labute approximate surface area is 122 Å². The summed E-state index contributed by atoms with van der Waals surface area (Å²) in [5.74, 6) is -3.23. The van der Waals surface area contributed by atoms with Crippen molar-refractivity contribution in [3.8, 4) is 0 Å². The zero-order chi connectivity index (χ0) is 15.4. The van der Waals surface area contributed by atoms with Crippen molar-refractivity contribution >= 4 is 5.69 Å². The van der Waals surface area contributed by atoms with Gasteiger partial charge in [0.15, 0.2) is 17.5 Å². The lowest BCUT2D eigenvalue weighted by Gasteiger charge is -2.09. The van der Waals surface area contributed by atoms with Gasteiger partial charge in [0.25, 0.3) is 0 Å². The van der Waals surface area contributed by atoms with Crippen LogP contribution in [-0.4, -0.2) is 0 Å². The second-order valence-corrected chi connectivity index (χ2v) is 5.52. The topological polar surface area (TPSA) is 12.0 Å². The van der Waals surface area contributed by atoms with Crippen molar-refractivity contribution in [2.45, 2.75) is 26.8 Å². The van der Waals surface area contributed by atoms with Gasteiger partial charge in [0.1, 0.15) is 0 Å². The number of anilines is 1. The maximum absolute atomic E-state index is 13.1. The minimum atomic E-state index is -1.45. The first kappa shape index (κ1) is 15.4. The number of benzene rings is 2. The fraction of sp³-hybridized carbons (Fsp3) is 0.294. The van der Waals surface area contributed by atoms with Crippen molar-refractivity contribution in [1.82, 2.24) is 0 Å². The summed E-state index contributed by atoms with van der Waals surface area (Å²) in [4.78, 5) is 0. The first-order valence-electron chi connectivity index (χ1n) is 6.92. The molecule has 4 heteroatoms. The van der Waals surface area contributed by atoms with Gasteiger partial charge in [0.2, 0.25) is 0 Å². The van der Waals surface area contributed by atoms with Gasteiger partial charge >= 0.3 is 0 Å². The molecule has 0 spiro atoms. The van der Waals surface area contributed by atoms with Crippen LogP contribution in [0.1, 0.15) is 25.0 Å². The van der Waals surface area contributed by atoms with Crippen LogP contribution >= 0.6 is 0 Å². The van der Waals surface area contributed by atoms with E-state index < -0.39 is 17.5 Å². The second-order valence-electron chi connectivity index (χ2n) is 5.52. The largest absolute Gasteiger partial charge is 0.381 e. The van der Waals surface area contributed by atoms with E-state index in [1.807, 2.05) is 24.3 Å². The first-order chi connectivity index (χ1) is 9.95. The van der Waals surface area contributed by atoms with Crippen LogP contribution in [0.15, 0.2) is 36.4 Å². The van der Waals surface area contributed by atoms with Crippen LogP contribution < -0.4 is 5.32 Å². The monoisotopic (exact) mass is 293 g/mol. The number of halogens is 3. The fourth-order valence-electron chi connectivity index (χ4n) is 2.13. The maximum Gasteiger partial charge on any atom is 0.194 e. The zero-order valence-corrected chi connectivity index (χ0v) is 12.1. The van der Waals surface area contributed by atoms with E-state index in [0.717, 1.165) is 24.1 Å². The molecule has 0 heterocycles. The van der Waals surface area contributed by atoms with Crippen LogP contribution in [0, 0.1) is 23.4 Å². The van der Waals surface area contributed by atoms with Crippen LogP contribution in [0.3, 0.4) is 0 Å². The Bertz CT molecular complexity index is 583. The highest BCUT2D eigenvalue weighted by Gasteiger charge is 2.10. The average molecular weight is 293 g/mol. The second kappa shape index (κ2) is 6.66. The van der Waals surface area contributed by atoms with E-state index in [9.17, 15) is 13.2 Å². The molecule has 2 aromatic rings. The summed E-state index contributed by atoms with van der Waals surface area (Å²) in [6.07, 6.45) is 1.02. The lowest BCUT2D eigenvalue weighted by molar-refractivity contribution is 0.447. The molecule has 0 saturated carbocycles. The molecule has 0 unspecified atom stereocenters. The molecule has 2 aromatic carbocycles. The molecule has 0 aromatic heterocycles. The van der Waals surface area contributed by atoms with Crippen molar-refractivity contribution in [3.05, 3.63) is 65.0 Å². The highest BCUT2D eigenvalue weighted by molar-refractivity contribution is 5.44. The first-order valence-corrected chi connectivity index (χ1v) is 6.92. The Morgan fingerprint density at radius 3 is 1.95 bits per heavy atom. The number of nitrogens with one attached hydrogen (secondary N) is 1. The summed E-state index contributed by atoms with van der Waals surface area (Å²) in [6, 6.07) is 9.94. The van der Waals surface area contributed by atoms with E-state index in [2.05, 4.69) is 19.2 Å². The van der Waals surface area contributed by atoms with Crippen LogP contribution in [0.5, 0.6) is 0 Å². The molecule has 0 aliphatic carbocycles. The van der Waals surface area contributed by atoms with Gasteiger partial charge in [-0.05, 0) is 23.5 Å². The summed E-state index contributed by atoms with van der Waals surface area (Å²) in [5.41, 5.74) is 2.47. The Balaban J connectivity index is 2.00. The molecule has 2 rings (SSSR count). The van der Waals surface area contributed by atoms with Crippen molar-refractivity contribution in [2.75, 3.05) is 5.32 Å². The molecular formula is C17H18F3N. The molecule has 0 atom stereocenters. The molecule has 0 amide bonds. The SMILES string of the molecule is CC(C)Cc1ccc(CNc2cc(F)c(F)c(F)c2)cc1. The van der Waals surface area contributed by atoms with Crippen LogP contribution in [-0.2, 0) is 13.0 Å². The Morgan fingerprint density at radius 1 is 0.905 bits per heavy atom. The third-order valence-electron chi connectivity index (χ3n) is 3.15. The maximum atomic E-state index is 13.1. The van der Waals surface area contributed by atoms with Gasteiger partial charge in [0, 0.05) is 24.4 Å². The highest BCUT2D eigenvalue weighted by Crippen LogP contribution is 2.18. The van der Waals surface area contributed by atoms with E-state index in [0.29, 0.717) is 12.5 Å². The average Bonchev–Trinajstić information content (AvgIpc) is 2.43. The highest BCUT2D eigenvalue weighted by atomic mass is 19.2. The molecule has 0 aliphatic rings. The van der Waals surface area contributed by atoms with Gasteiger partial charge in [0.05, 0.1) is 0 Å². The summed E-state index contributed by atoms with van der Waals surface area (Å²) < 4.78 is 39.0. The van der Waals surface area contributed by atoms with Crippen molar-refractivity contribution in [1.29, 1.82) is 0 Å². The summed E-state index contributed by atoms with van der Waals surface area (Å²) >= 11 is 0. The molecule has 0 fully saturated rings. The van der Waals surface area contributed by atoms with Gasteiger partial charge in [-0.25, -0.2) is 13.2 Å². The minimum absolute atomic E-state index is 0.220. The molecule has 1 nitrogen and oxygen atoms in total. The predicted molar refractivity (Wildman–Crippen MR) is 78.6 cm³/mol. The van der Waals surface area contributed by atoms with Crippen molar-refractivity contribution in [3.63, 3.8) is 0 Å². The number of hydrogen-bond donors (Lipinski definition) is 1. The molecule has 0 saturated heterocycles. The standard InChI is InChI=1S/C17H18F3N/c1-11(2)7-12-3-5-13(6-4-12)10-21-14-8-15(18)17(20)16(19)9-14/h3-6,8-9,11,21H,7,10H2,1-2H3. The van der Waals surface area contributed by atoms with Crippen molar-refractivity contribution < 1.29 is 13.2 Å². The molecule has 0 bridgehead atoms. The van der Waals surface area contributed by atoms with Gasteiger partial charge in [-0.1, -0.05) is 38.1 Å².